The number of hydrogen-bond donors (Lipinski definition) is 2. The number of allylic oxidation sites excluding steroid dienone is 2. The van der Waals surface area contributed by atoms with Gasteiger partial charge in [0.05, 0.1) is 11.9 Å². The first-order chi connectivity index (χ1) is 13.7. The maximum Gasteiger partial charge on any atom is 1.00 e. The van der Waals surface area contributed by atoms with Crippen molar-refractivity contribution in [3.8, 4) is 0 Å². The zero-order chi connectivity index (χ0) is 21.0. The molecule has 0 amide bonds. The van der Waals surface area contributed by atoms with Crippen LogP contribution >= 0.6 is 0 Å². The first kappa shape index (κ1) is 27.7. The van der Waals surface area contributed by atoms with Gasteiger partial charge in [0, 0.05) is 11.8 Å². The molecule has 31 heavy (non-hydrogen) atoms. The zero-order valence-electron chi connectivity index (χ0n) is 23.5. The van der Waals surface area contributed by atoms with Crippen molar-refractivity contribution in [2.24, 2.45) is 46.3 Å². The van der Waals surface area contributed by atoms with Crippen LogP contribution < -0.4 is 37.7 Å². The summed E-state index contributed by atoms with van der Waals surface area (Å²) in [7, 11) is 0. The minimum atomic E-state index is -0.442. The number of aliphatic hydroxyl groups excluding tert-OH is 2. The Hall–Kier alpha value is 0.435. The van der Waals surface area contributed by atoms with Crippen LogP contribution in [0.3, 0.4) is 0 Å². The molecule has 0 saturated heterocycles. The summed E-state index contributed by atoms with van der Waals surface area (Å²) in [5.41, 5.74) is 1.52. The maximum atomic E-state index is 11.0. The van der Waals surface area contributed by atoms with Crippen molar-refractivity contribution in [3.63, 3.8) is 0 Å². The molecular formula is C27H46Li2O2. The third kappa shape index (κ3) is 4.69. The molecule has 4 aliphatic carbocycles. The van der Waals surface area contributed by atoms with Gasteiger partial charge in [0.25, 0.3) is 0 Å². The van der Waals surface area contributed by atoms with Gasteiger partial charge >= 0.3 is 37.7 Å². The molecule has 8 atom stereocenters. The number of rotatable bonds is 5. The second kappa shape index (κ2) is 10.4. The summed E-state index contributed by atoms with van der Waals surface area (Å²) >= 11 is 0. The summed E-state index contributed by atoms with van der Waals surface area (Å²) in [6.45, 7) is 12.1. The molecule has 0 heterocycles. The summed E-state index contributed by atoms with van der Waals surface area (Å²) < 4.78 is 0. The first-order valence-electron chi connectivity index (χ1n) is 12.5. The number of fused-ring (bicyclic) bond motifs is 5. The van der Waals surface area contributed by atoms with Crippen molar-refractivity contribution >= 4 is 0 Å². The number of hydrogen-bond acceptors (Lipinski definition) is 2. The molecular weight excluding hydrogens is 370 g/mol. The monoisotopic (exact) mass is 416 g/mol. The summed E-state index contributed by atoms with van der Waals surface area (Å²) in [4.78, 5) is 0. The Kier molecular flexibility index (Phi) is 9.26. The average molecular weight is 417 g/mol. The SMILES string of the molecule is CC(C)CCC[C@@H](C)[C@H]1CC[C@H]2[C@@H]3CC=C4C=C(O)C[C@H](O)[C@]4(C)[C@H]3CC[C@]12C.[H-].[H-].[Li+].[Li+]. The molecule has 2 saturated carbocycles. The van der Waals surface area contributed by atoms with Crippen molar-refractivity contribution in [1.29, 1.82) is 0 Å². The van der Waals surface area contributed by atoms with Gasteiger partial charge in [0.2, 0.25) is 0 Å². The summed E-state index contributed by atoms with van der Waals surface area (Å²) in [6, 6.07) is 0. The normalized spacial score (nSPS) is 42.2. The summed E-state index contributed by atoms with van der Waals surface area (Å²) in [6.07, 6.45) is 14.9. The Bertz CT molecular complexity index is 698. The van der Waals surface area contributed by atoms with Crippen LogP contribution in [0.5, 0.6) is 0 Å². The van der Waals surface area contributed by atoms with Gasteiger partial charge < -0.3 is 13.1 Å². The van der Waals surface area contributed by atoms with Crippen LogP contribution in [0.25, 0.3) is 0 Å². The molecule has 168 valence electrons. The zero-order valence-corrected chi connectivity index (χ0v) is 21.5. The predicted molar refractivity (Wildman–Crippen MR) is 123 cm³/mol. The molecule has 0 aliphatic heterocycles. The molecule has 2 N–H and O–H groups in total. The minimum Gasteiger partial charge on any atom is -1.00 e. The van der Waals surface area contributed by atoms with Crippen LogP contribution in [0.4, 0.5) is 0 Å². The van der Waals surface area contributed by atoms with Crippen molar-refractivity contribution in [2.75, 3.05) is 0 Å². The molecule has 0 radical (unpaired) electrons. The van der Waals surface area contributed by atoms with Gasteiger partial charge in [-0.25, -0.2) is 0 Å². The fourth-order valence-corrected chi connectivity index (χ4v) is 8.38. The Balaban J connectivity index is 0.00000256. The molecule has 0 aromatic carbocycles. The largest absolute Gasteiger partial charge is 1.00 e. The van der Waals surface area contributed by atoms with Crippen LogP contribution in [0.15, 0.2) is 23.5 Å². The van der Waals surface area contributed by atoms with Crippen molar-refractivity contribution in [2.45, 2.75) is 98.5 Å². The van der Waals surface area contributed by atoms with Crippen LogP contribution in [0.1, 0.15) is 95.3 Å². The van der Waals surface area contributed by atoms with Crippen molar-refractivity contribution < 1.29 is 50.8 Å². The third-order valence-electron chi connectivity index (χ3n) is 10.1. The quantitative estimate of drug-likeness (QED) is 0.663. The second-order valence-electron chi connectivity index (χ2n) is 11.9. The van der Waals surface area contributed by atoms with Gasteiger partial charge in [-0.1, -0.05) is 60.0 Å². The standard InChI is InChI=1S/C27H44O2.2Li.2H/c1-17(2)7-6-8-18(3)22-11-12-23-21-10-9-19-15-20(28)16-25(29)27(19,5)24(21)13-14-26(22,23)4;;;;/h9,15,17-18,21-25,28-29H,6-8,10-14,16H2,1-5H3;;;;/q;2*+1;2*-1/t18-,21+,22-,23+,24+,25+,26-,27+;;;;/m1..../s1. The predicted octanol–water partition coefficient (Wildman–Crippen LogP) is 1.28. The molecule has 2 fully saturated rings. The Labute approximate surface area is 218 Å². The maximum absolute atomic E-state index is 11.0. The van der Waals surface area contributed by atoms with Gasteiger partial charge in [-0.2, -0.15) is 0 Å². The van der Waals surface area contributed by atoms with Crippen LogP contribution in [-0.2, 0) is 0 Å². The first-order valence-corrected chi connectivity index (χ1v) is 12.5. The van der Waals surface area contributed by atoms with Gasteiger partial charge in [0.15, 0.2) is 0 Å². The van der Waals surface area contributed by atoms with Crippen LogP contribution in [-0.4, -0.2) is 16.3 Å². The molecule has 4 rings (SSSR count). The molecule has 2 nitrogen and oxygen atoms in total. The van der Waals surface area contributed by atoms with E-state index >= 15 is 0 Å². The Morgan fingerprint density at radius 3 is 2.45 bits per heavy atom. The molecule has 0 aromatic rings. The molecule has 4 aliphatic rings. The average Bonchev–Trinajstić information content (AvgIpc) is 3.00. The Morgan fingerprint density at radius 1 is 1.06 bits per heavy atom. The topological polar surface area (TPSA) is 40.5 Å². The van der Waals surface area contributed by atoms with E-state index < -0.39 is 6.10 Å². The molecule has 4 heteroatoms. The van der Waals surface area contributed by atoms with E-state index in [1.807, 2.05) is 6.08 Å². The fourth-order valence-electron chi connectivity index (χ4n) is 8.38. The minimum absolute atomic E-state index is 0. The van der Waals surface area contributed by atoms with E-state index in [1.54, 1.807) is 0 Å². The van der Waals surface area contributed by atoms with E-state index in [-0.39, 0.29) is 46.0 Å². The van der Waals surface area contributed by atoms with Gasteiger partial charge in [-0.3, -0.25) is 0 Å². The van der Waals surface area contributed by atoms with Crippen molar-refractivity contribution in [3.05, 3.63) is 23.5 Å². The number of aliphatic hydroxyl groups is 2. The molecule has 0 bridgehead atoms. The third-order valence-corrected chi connectivity index (χ3v) is 10.1. The van der Waals surface area contributed by atoms with E-state index in [9.17, 15) is 10.2 Å². The van der Waals surface area contributed by atoms with E-state index in [4.69, 9.17) is 0 Å². The Morgan fingerprint density at radius 2 is 1.77 bits per heavy atom. The van der Waals surface area contributed by atoms with E-state index in [0.29, 0.717) is 29.4 Å². The fraction of sp³-hybridized carbons (Fsp3) is 0.852. The van der Waals surface area contributed by atoms with Gasteiger partial charge in [0.1, 0.15) is 0 Å². The van der Waals surface area contributed by atoms with Gasteiger partial charge in [-0.05, 0) is 84.7 Å². The molecule has 0 spiro atoms. The van der Waals surface area contributed by atoms with E-state index in [0.717, 1.165) is 30.1 Å². The van der Waals surface area contributed by atoms with E-state index in [2.05, 4.69) is 40.7 Å². The second-order valence-corrected chi connectivity index (χ2v) is 11.9. The summed E-state index contributed by atoms with van der Waals surface area (Å²) in [5.74, 6) is 4.97. The molecule has 0 unspecified atom stereocenters. The molecule has 0 aromatic heterocycles. The van der Waals surface area contributed by atoms with Crippen molar-refractivity contribution in [1.82, 2.24) is 0 Å². The van der Waals surface area contributed by atoms with Crippen LogP contribution in [0.2, 0.25) is 0 Å². The van der Waals surface area contributed by atoms with Gasteiger partial charge in [-0.15, -0.1) is 0 Å². The van der Waals surface area contributed by atoms with E-state index in [1.165, 1.54) is 50.5 Å². The summed E-state index contributed by atoms with van der Waals surface area (Å²) in [5, 5.41) is 21.1. The van der Waals surface area contributed by atoms with Crippen LogP contribution in [0, 0.1) is 46.3 Å². The smallest absolute Gasteiger partial charge is 1.00 e.